The second kappa shape index (κ2) is 10.4. The summed E-state index contributed by atoms with van der Waals surface area (Å²) < 4.78 is 10.5. The fourth-order valence-electron chi connectivity index (χ4n) is 2.46. The molecule has 0 bridgehead atoms. The Balaban J connectivity index is 2.04. The van der Waals surface area contributed by atoms with Crippen LogP contribution in [0.15, 0.2) is 42.6 Å². The minimum Gasteiger partial charge on any atom is -0.494 e. The molecular formula is C22H28N4O5. The molecule has 0 spiro atoms. The lowest BCUT2D eigenvalue weighted by Crippen LogP contribution is -2.44. The number of carbonyl (C=O) groups excluding carboxylic acids is 3. The summed E-state index contributed by atoms with van der Waals surface area (Å²) in [6, 6.07) is 9.14. The third-order valence-corrected chi connectivity index (χ3v) is 3.84. The molecule has 1 aromatic carbocycles. The number of nitrogens with zero attached hydrogens (tertiary/aromatic N) is 1. The molecule has 0 saturated carbocycles. The molecule has 9 nitrogen and oxygen atoms in total. The van der Waals surface area contributed by atoms with Crippen molar-refractivity contribution in [2.45, 2.75) is 46.3 Å². The predicted octanol–water partition coefficient (Wildman–Crippen LogP) is 3.58. The number of aromatic nitrogens is 1. The molecule has 0 fully saturated rings. The summed E-state index contributed by atoms with van der Waals surface area (Å²) in [5.41, 5.74) is 0.0525. The number of hydrogen-bond acceptors (Lipinski definition) is 6. The third-order valence-electron chi connectivity index (χ3n) is 3.84. The molecule has 9 heteroatoms. The second-order valence-corrected chi connectivity index (χ2v) is 7.67. The van der Waals surface area contributed by atoms with E-state index in [1.165, 1.54) is 13.1 Å². The van der Waals surface area contributed by atoms with Crippen molar-refractivity contribution in [1.29, 1.82) is 0 Å². The standard InChI is InChI=1S/C22H28N4O5/c1-6-30-16-11-9-15(10-12-16)25-20(28)17-8-7-13-23-18(17)26-19(27)14(2)24-21(29)31-22(3,4)5/h7-14H,6H2,1-5H3,(H,24,29)(H,25,28)(H,23,26,27). The Hall–Kier alpha value is -3.62. The van der Waals surface area contributed by atoms with Crippen molar-refractivity contribution < 1.29 is 23.9 Å². The van der Waals surface area contributed by atoms with Crippen molar-refractivity contribution in [1.82, 2.24) is 10.3 Å². The predicted molar refractivity (Wildman–Crippen MR) is 117 cm³/mol. The van der Waals surface area contributed by atoms with Crippen LogP contribution in [0.25, 0.3) is 0 Å². The van der Waals surface area contributed by atoms with Crippen LogP contribution in [0.3, 0.4) is 0 Å². The smallest absolute Gasteiger partial charge is 0.408 e. The van der Waals surface area contributed by atoms with Gasteiger partial charge in [0.2, 0.25) is 5.91 Å². The van der Waals surface area contributed by atoms with Gasteiger partial charge in [0.15, 0.2) is 0 Å². The molecule has 1 atom stereocenters. The molecule has 1 heterocycles. The van der Waals surface area contributed by atoms with Crippen molar-refractivity contribution in [3.63, 3.8) is 0 Å². The molecule has 2 aromatic rings. The van der Waals surface area contributed by atoms with Crippen LogP contribution in [0.2, 0.25) is 0 Å². The summed E-state index contributed by atoms with van der Waals surface area (Å²) in [6.45, 7) is 9.10. The van der Waals surface area contributed by atoms with Crippen LogP contribution in [0.5, 0.6) is 5.75 Å². The van der Waals surface area contributed by atoms with Crippen molar-refractivity contribution in [2.75, 3.05) is 17.2 Å². The van der Waals surface area contributed by atoms with Gasteiger partial charge >= 0.3 is 6.09 Å². The normalized spacial score (nSPS) is 11.8. The van der Waals surface area contributed by atoms with Crippen LogP contribution < -0.4 is 20.7 Å². The van der Waals surface area contributed by atoms with Crippen LogP contribution in [0.1, 0.15) is 45.0 Å². The highest BCUT2D eigenvalue weighted by Crippen LogP contribution is 2.18. The first kappa shape index (κ1) is 23.7. The molecule has 0 aliphatic carbocycles. The Morgan fingerprint density at radius 2 is 1.74 bits per heavy atom. The molecule has 3 amide bonds. The highest BCUT2D eigenvalue weighted by molar-refractivity contribution is 6.09. The third kappa shape index (κ3) is 7.61. The van der Waals surface area contributed by atoms with Gasteiger partial charge in [-0.05, 0) is 71.0 Å². The van der Waals surface area contributed by atoms with Crippen molar-refractivity contribution in [2.24, 2.45) is 0 Å². The van der Waals surface area contributed by atoms with E-state index in [1.54, 1.807) is 57.2 Å². The van der Waals surface area contributed by atoms with Gasteiger partial charge in [-0.3, -0.25) is 9.59 Å². The second-order valence-electron chi connectivity index (χ2n) is 7.67. The van der Waals surface area contributed by atoms with Crippen molar-refractivity contribution in [3.8, 4) is 5.75 Å². The lowest BCUT2D eigenvalue weighted by atomic mass is 10.2. The van der Waals surface area contributed by atoms with Gasteiger partial charge in [-0.25, -0.2) is 9.78 Å². The van der Waals surface area contributed by atoms with E-state index in [2.05, 4.69) is 20.9 Å². The molecule has 31 heavy (non-hydrogen) atoms. The molecule has 0 saturated heterocycles. The highest BCUT2D eigenvalue weighted by Gasteiger charge is 2.22. The minimum absolute atomic E-state index is 0.0776. The average molecular weight is 428 g/mol. The quantitative estimate of drug-likeness (QED) is 0.620. The van der Waals surface area contributed by atoms with E-state index in [-0.39, 0.29) is 11.4 Å². The first-order chi connectivity index (χ1) is 14.6. The number of nitrogens with one attached hydrogen (secondary N) is 3. The van der Waals surface area contributed by atoms with E-state index in [1.807, 2.05) is 6.92 Å². The molecule has 2 rings (SSSR count). The SMILES string of the molecule is CCOc1ccc(NC(=O)c2cccnc2NC(=O)C(C)NC(=O)OC(C)(C)C)cc1. The van der Waals surface area contributed by atoms with Gasteiger partial charge in [-0.15, -0.1) is 0 Å². The molecule has 3 N–H and O–H groups in total. The Kier molecular flexibility index (Phi) is 7.95. The first-order valence-electron chi connectivity index (χ1n) is 9.88. The van der Waals surface area contributed by atoms with Crippen molar-refractivity contribution >= 4 is 29.4 Å². The maximum Gasteiger partial charge on any atom is 0.408 e. The number of hydrogen-bond donors (Lipinski definition) is 3. The zero-order valence-corrected chi connectivity index (χ0v) is 18.3. The largest absolute Gasteiger partial charge is 0.494 e. The summed E-state index contributed by atoms with van der Waals surface area (Å²) in [5.74, 6) is -0.213. The molecule has 166 valence electrons. The number of carbonyl (C=O) groups is 3. The van der Waals surface area contributed by atoms with E-state index >= 15 is 0 Å². The molecule has 0 aliphatic heterocycles. The zero-order chi connectivity index (χ0) is 23.0. The lowest BCUT2D eigenvalue weighted by molar-refractivity contribution is -0.117. The minimum atomic E-state index is -0.904. The van der Waals surface area contributed by atoms with E-state index in [0.717, 1.165) is 0 Å². The summed E-state index contributed by atoms with van der Waals surface area (Å²) in [4.78, 5) is 41.1. The zero-order valence-electron chi connectivity index (χ0n) is 18.3. The summed E-state index contributed by atoms with van der Waals surface area (Å²) >= 11 is 0. The monoisotopic (exact) mass is 428 g/mol. The lowest BCUT2D eigenvalue weighted by Gasteiger charge is -2.21. The fraction of sp³-hybridized carbons (Fsp3) is 0.364. The Bertz CT molecular complexity index is 922. The van der Waals surface area contributed by atoms with E-state index in [4.69, 9.17) is 9.47 Å². The molecule has 0 aliphatic rings. The summed E-state index contributed by atoms with van der Waals surface area (Å²) in [5, 5.41) is 7.77. The van der Waals surface area contributed by atoms with Gasteiger partial charge in [0.05, 0.1) is 12.2 Å². The number of amides is 3. The number of benzene rings is 1. The van der Waals surface area contributed by atoms with Crippen LogP contribution in [0, 0.1) is 0 Å². The fourth-order valence-corrected chi connectivity index (χ4v) is 2.46. The van der Waals surface area contributed by atoms with E-state index in [9.17, 15) is 14.4 Å². The van der Waals surface area contributed by atoms with Gasteiger partial charge in [-0.2, -0.15) is 0 Å². The number of anilines is 2. The summed E-state index contributed by atoms with van der Waals surface area (Å²) in [6.07, 6.45) is 0.736. The van der Waals surface area contributed by atoms with Gasteiger partial charge < -0.3 is 25.4 Å². The molecule has 1 unspecified atom stereocenters. The topological polar surface area (TPSA) is 119 Å². The number of alkyl carbamates (subject to hydrolysis) is 1. The van der Waals surface area contributed by atoms with Crippen LogP contribution in [-0.4, -0.2) is 41.1 Å². The van der Waals surface area contributed by atoms with E-state index in [0.29, 0.717) is 18.0 Å². The maximum atomic E-state index is 12.7. The number of pyridine rings is 1. The first-order valence-corrected chi connectivity index (χ1v) is 9.88. The Labute approximate surface area is 181 Å². The van der Waals surface area contributed by atoms with Gasteiger partial charge in [0, 0.05) is 11.9 Å². The summed E-state index contributed by atoms with van der Waals surface area (Å²) in [7, 11) is 0. The highest BCUT2D eigenvalue weighted by atomic mass is 16.6. The Morgan fingerprint density at radius 1 is 1.06 bits per heavy atom. The van der Waals surface area contributed by atoms with Crippen LogP contribution in [0.4, 0.5) is 16.3 Å². The van der Waals surface area contributed by atoms with Gasteiger partial charge in [0.1, 0.15) is 23.2 Å². The Morgan fingerprint density at radius 3 is 2.35 bits per heavy atom. The van der Waals surface area contributed by atoms with Crippen LogP contribution >= 0.6 is 0 Å². The number of rotatable bonds is 7. The molecule has 1 aromatic heterocycles. The van der Waals surface area contributed by atoms with Gasteiger partial charge in [-0.1, -0.05) is 0 Å². The van der Waals surface area contributed by atoms with E-state index < -0.39 is 29.6 Å². The molecular weight excluding hydrogens is 400 g/mol. The molecule has 0 radical (unpaired) electrons. The average Bonchev–Trinajstić information content (AvgIpc) is 2.68. The van der Waals surface area contributed by atoms with Crippen LogP contribution in [-0.2, 0) is 9.53 Å². The number of ether oxygens (including phenoxy) is 2. The van der Waals surface area contributed by atoms with Gasteiger partial charge in [0.25, 0.3) is 5.91 Å². The maximum absolute atomic E-state index is 12.7. The van der Waals surface area contributed by atoms with Crippen molar-refractivity contribution in [3.05, 3.63) is 48.2 Å².